The first-order chi connectivity index (χ1) is 13.5. The van der Waals surface area contributed by atoms with E-state index in [0.29, 0.717) is 19.5 Å². The van der Waals surface area contributed by atoms with E-state index in [-0.39, 0.29) is 17.5 Å². The first-order valence-corrected chi connectivity index (χ1v) is 10.7. The average molecular weight is 385 g/mol. The van der Waals surface area contributed by atoms with Crippen molar-refractivity contribution in [2.45, 2.75) is 56.9 Å². The first-order valence-electron chi connectivity index (χ1n) is 10.7. The lowest BCUT2D eigenvalue weighted by Crippen LogP contribution is -2.61. The zero-order chi connectivity index (χ0) is 19.6. The smallest absolute Gasteiger partial charge is 0.315 e. The average Bonchev–Trinajstić information content (AvgIpc) is 2.62. The molecule has 4 fully saturated rings. The fraction of sp³-hybridized carbons (Fsp3) is 0.636. The molecule has 0 aromatic heterocycles. The molecule has 4 bridgehead atoms. The number of carbonyl (C=O) groups excluding carboxylic acids is 2. The Balaban J connectivity index is 1.13. The Morgan fingerprint density at radius 3 is 2.14 bits per heavy atom. The van der Waals surface area contributed by atoms with Crippen molar-refractivity contribution in [1.29, 1.82) is 0 Å². The first kappa shape index (κ1) is 19.1. The molecular formula is C22H32N4O2. The molecule has 5 N–H and O–H groups in total. The van der Waals surface area contributed by atoms with Gasteiger partial charge < -0.3 is 21.7 Å². The van der Waals surface area contributed by atoms with Crippen LogP contribution in [0, 0.1) is 17.8 Å². The van der Waals surface area contributed by atoms with Crippen molar-refractivity contribution in [3.8, 4) is 0 Å². The summed E-state index contributed by atoms with van der Waals surface area (Å²) in [4.78, 5) is 24.3. The number of hydrogen-bond acceptors (Lipinski definition) is 3. The Labute approximate surface area is 167 Å². The van der Waals surface area contributed by atoms with Crippen LogP contribution >= 0.6 is 0 Å². The number of carbonyl (C=O) groups is 2. The normalized spacial score (nSPS) is 30.1. The van der Waals surface area contributed by atoms with Crippen molar-refractivity contribution in [2.75, 3.05) is 18.8 Å². The summed E-state index contributed by atoms with van der Waals surface area (Å²) in [5.74, 6) is 2.38. The summed E-state index contributed by atoms with van der Waals surface area (Å²) in [7, 11) is 0. The minimum Gasteiger partial charge on any atom is -0.399 e. The van der Waals surface area contributed by atoms with Crippen LogP contribution in [0.1, 0.15) is 50.5 Å². The topological polar surface area (TPSA) is 96.2 Å². The van der Waals surface area contributed by atoms with Crippen LogP contribution in [0.4, 0.5) is 10.5 Å². The molecule has 152 valence electrons. The molecular weight excluding hydrogens is 352 g/mol. The summed E-state index contributed by atoms with van der Waals surface area (Å²) in [5, 5.41) is 9.06. The minimum atomic E-state index is -0.114. The maximum atomic E-state index is 12.4. The lowest BCUT2D eigenvalue weighted by atomic mass is 9.53. The second-order valence-electron chi connectivity index (χ2n) is 9.17. The van der Waals surface area contributed by atoms with Crippen LogP contribution in [0.3, 0.4) is 0 Å². The quantitative estimate of drug-likeness (QED) is 0.544. The van der Waals surface area contributed by atoms with E-state index in [0.717, 1.165) is 54.7 Å². The molecule has 6 nitrogen and oxygen atoms in total. The molecule has 0 radical (unpaired) electrons. The zero-order valence-electron chi connectivity index (χ0n) is 16.5. The fourth-order valence-electron chi connectivity index (χ4n) is 5.96. The standard InChI is InChI=1S/C22H32N4O2/c23-19-3-1-15(2-4-19)5-7-24-20(27)6-8-25-21(28)26-22-12-16-9-17(13-22)11-18(10-16)14-22/h1-4,16-18H,5-14,23H2,(H,24,27)(H2,25,26,28). The van der Waals surface area contributed by atoms with Gasteiger partial charge in [0.05, 0.1) is 0 Å². The Hall–Kier alpha value is -2.24. The molecule has 28 heavy (non-hydrogen) atoms. The van der Waals surface area contributed by atoms with Gasteiger partial charge in [-0.05, 0) is 80.4 Å². The summed E-state index contributed by atoms with van der Waals surface area (Å²) in [5.41, 5.74) is 7.57. The summed E-state index contributed by atoms with van der Waals surface area (Å²) < 4.78 is 0. The van der Waals surface area contributed by atoms with Crippen LogP contribution in [-0.2, 0) is 11.2 Å². The van der Waals surface area contributed by atoms with Gasteiger partial charge in [-0.15, -0.1) is 0 Å². The van der Waals surface area contributed by atoms with Crippen molar-refractivity contribution in [3.05, 3.63) is 29.8 Å². The van der Waals surface area contributed by atoms with Gasteiger partial charge in [-0.2, -0.15) is 0 Å². The number of hydrogen-bond donors (Lipinski definition) is 4. The lowest BCUT2D eigenvalue weighted by molar-refractivity contribution is -0.120. The van der Waals surface area contributed by atoms with Gasteiger partial charge in [0.15, 0.2) is 0 Å². The molecule has 4 aliphatic rings. The van der Waals surface area contributed by atoms with E-state index in [1.165, 1.54) is 19.3 Å². The van der Waals surface area contributed by atoms with E-state index in [9.17, 15) is 9.59 Å². The second kappa shape index (κ2) is 8.02. The molecule has 1 aromatic carbocycles. The van der Waals surface area contributed by atoms with Crippen molar-refractivity contribution in [3.63, 3.8) is 0 Å². The lowest BCUT2D eigenvalue weighted by Gasteiger charge is -2.56. The Morgan fingerprint density at radius 1 is 0.929 bits per heavy atom. The van der Waals surface area contributed by atoms with Gasteiger partial charge in [0, 0.05) is 30.7 Å². The maximum absolute atomic E-state index is 12.4. The van der Waals surface area contributed by atoms with Crippen LogP contribution in [-0.4, -0.2) is 30.6 Å². The third-order valence-corrected chi connectivity index (χ3v) is 6.77. The molecule has 5 rings (SSSR count). The van der Waals surface area contributed by atoms with E-state index >= 15 is 0 Å². The van der Waals surface area contributed by atoms with Crippen molar-refractivity contribution >= 4 is 17.6 Å². The number of benzene rings is 1. The second-order valence-corrected chi connectivity index (χ2v) is 9.17. The van der Waals surface area contributed by atoms with Crippen LogP contribution in [0.25, 0.3) is 0 Å². The van der Waals surface area contributed by atoms with Gasteiger partial charge in [-0.3, -0.25) is 4.79 Å². The molecule has 0 aliphatic heterocycles. The Morgan fingerprint density at radius 2 is 1.54 bits per heavy atom. The molecule has 6 heteroatoms. The molecule has 0 spiro atoms. The van der Waals surface area contributed by atoms with Crippen LogP contribution in [0.5, 0.6) is 0 Å². The SMILES string of the molecule is Nc1ccc(CCNC(=O)CCNC(=O)NC23CC4CC(CC(C4)C2)C3)cc1. The number of urea groups is 1. The number of anilines is 1. The molecule has 3 amide bonds. The Kier molecular flexibility index (Phi) is 5.47. The monoisotopic (exact) mass is 384 g/mol. The van der Waals surface area contributed by atoms with Crippen LogP contribution in [0.15, 0.2) is 24.3 Å². The maximum Gasteiger partial charge on any atom is 0.315 e. The predicted molar refractivity (Wildman–Crippen MR) is 110 cm³/mol. The summed E-state index contributed by atoms with van der Waals surface area (Å²) in [6, 6.07) is 7.56. The highest BCUT2D eigenvalue weighted by Crippen LogP contribution is 2.55. The summed E-state index contributed by atoms with van der Waals surface area (Å²) in [6.45, 7) is 0.953. The highest BCUT2D eigenvalue weighted by Gasteiger charge is 2.51. The molecule has 4 aliphatic carbocycles. The third kappa shape index (κ3) is 4.59. The van der Waals surface area contributed by atoms with E-state index in [4.69, 9.17) is 5.73 Å². The van der Waals surface area contributed by atoms with Crippen LogP contribution in [0.2, 0.25) is 0 Å². The fourth-order valence-corrected chi connectivity index (χ4v) is 5.96. The van der Waals surface area contributed by atoms with Gasteiger partial charge >= 0.3 is 6.03 Å². The van der Waals surface area contributed by atoms with Gasteiger partial charge in [0.1, 0.15) is 0 Å². The highest BCUT2D eigenvalue weighted by molar-refractivity contribution is 5.78. The number of nitrogens with two attached hydrogens (primary N) is 1. The van der Waals surface area contributed by atoms with Gasteiger partial charge in [-0.25, -0.2) is 4.79 Å². The van der Waals surface area contributed by atoms with Gasteiger partial charge in [0.25, 0.3) is 0 Å². The Bertz CT molecular complexity index is 680. The van der Waals surface area contributed by atoms with E-state index in [2.05, 4.69) is 16.0 Å². The largest absolute Gasteiger partial charge is 0.399 e. The molecule has 4 saturated carbocycles. The molecule has 0 heterocycles. The molecule has 0 saturated heterocycles. The minimum absolute atomic E-state index is 0.0141. The highest BCUT2D eigenvalue weighted by atomic mass is 16.2. The van der Waals surface area contributed by atoms with E-state index in [1.807, 2.05) is 24.3 Å². The molecule has 1 aromatic rings. The van der Waals surface area contributed by atoms with Gasteiger partial charge in [-0.1, -0.05) is 12.1 Å². The molecule has 0 atom stereocenters. The van der Waals surface area contributed by atoms with Crippen molar-refractivity contribution in [1.82, 2.24) is 16.0 Å². The van der Waals surface area contributed by atoms with Crippen molar-refractivity contribution in [2.24, 2.45) is 17.8 Å². The van der Waals surface area contributed by atoms with Gasteiger partial charge in [0.2, 0.25) is 5.91 Å². The number of nitrogens with one attached hydrogen (secondary N) is 3. The van der Waals surface area contributed by atoms with Crippen LogP contribution < -0.4 is 21.7 Å². The van der Waals surface area contributed by atoms with E-state index < -0.39 is 0 Å². The number of amides is 3. The predicted octanol–water partition coefficient (Wildman–Crippen LogP) is 2.59. The third-order valence-electron chi connectivity index (χ3n) is 6.77. The zero-order valence-corrected chi connectivity index (χ0v) is 16.5. The summed E-state index contributed by atoms with van der Waals surface area (Å²) in [6.07, 6.45) is 8.56. The number of nitrogen functional groups attached to an aromatic ring is 1. The summed E-state index contributed by atoms with van der Waals surface area (Å²) >= 11 is 0. The number of rotatable bonds is 7. The van der Waals surface area contributed by atoms with Crippen molar-refractivity contribution < 1.29 is 9.59 Å². The van der Waals surface area contributed by atoms with E-state index in [1.54, 1.807) is 0 Å². The molecule has 0 unspecified atom stereocenters.